The zero-order chi connectivity index (χ0) is 31.4. The molecule has 2 aliphatic heterocycles. The average Bonchev–Trinajstić information content (AvgIpc) is 3.46. The van der Waals surface area contributed by atoms with Gasteiger partial charge in [-0.2, -0.15) is 4.98 Å². The minimum Gasteiger partial charge on any atom is -0.495 e. The van der Waals surface area contributed by atoms with Gasteiger partial charge in [-0.1, -0.05) is 29.3 Å². The van der Waals surface area contributed by atoms with E-state index >= 15 is 0 Å². The number of likely N-dealkylation sites (N-methyl/N-ethyl adjacent to an activating group) is 1. The molecule has 0 radical (unpaired) electrons. The molecule has 2 aliphatic rings. The fourth-order valence-corrected chi connectivity index (χ4v) is 5.79. The molecule has 44 heavy (non-hydrogen) atoms. The molecule has 236 valence electrons. The molecule has 3 aromatic rings. The van der Waals surface area contributed by atoms with Crippen LogP contribution in [0.3, 0.4) is 0 Å². The molecular weight excluding hydrogens is 611 g/mol. The van der Waals surface area contributed by atoms with Crippen molar-refractivity contribution in [1.82, 2.24) is 24.3 Å². The normalized spacial score (nSPS) is 17.1. The lowest BCUT2D eigenvalue weighted by atomic mass is 10.0. The lowest BCUT2D eigenvalue weighted by Crippen LogP contribution is -2.40. The second-order valence-corrected chi connectivity index (χ2v) is 11.6. The standard InChI is InChI=1S/C30H36Cl2N6O6/c1-36(2)8-5-6-24(39)37-9-7-20(15-37)44-11-10-38-28-18(14-33-30(35-28)34-19-16-43-17-19)12-21(29(38)40)25-26(31)22(41-3)13-23(42-4)27(25)32/h5-6,12-14,19-20H,7-11,15-17H2,1-4H3,(H,33,34,35)/b6-5+. The van der Waals surface area contributed by atoms with Gasteiger partial charge in [-0.15, -0.1) is 0 Å². The van der Waals surface area contributed by atoms with E-state index in [1.54, 1.807) is 29.3 Å². The quantitative estimate of drug-likeness (QED) is 0.293. The third-order valence-electron chi connectivity index (χ3n) is 7.50. The molecular formula is C30H36Cl2N6O6. The number of likely N-dealkylation sites (tertiary alicyclic amines) is 1. The molecule has 1 N–H and O–H groups in total. The summed E-state index contributed by atoms with van der Waals surface area (Å²) in [5.41, 5.74) is 0.582. The van der Waals surface area contributed by atoms with E-state index in [0.717, 1.165) is 0 Å². The van der Waals surface area contributed by atoms with Crippen LogP contribution < -0.4 is 20.3 Å². The van der Waals surface area contributed by atoms with Crippen LogP contribution in [-0.2, 0) is 20.8 Å². The first-order chi connectivity index (χ1) is 21.2. The summed E-state index contributed by atoms with van der Waals surface area (Å²) >= 11 is 13.4. The highest BCUT2D eigenvalue weighted by Gasteiger charge is 2.27. The molecule has 5 rings (SSSR count). The number of rotatable bonds is 12. The Bertz CT molecular complexity index is 1580. The Morgan fingerprint density at radius 1 is 1.18 bits per heavy atom. The minimum atomic E-state index is -0.369. The summed E-state index contributed by atoms with van der Waals surface area (Å²) in [6, 6.07) is 3.34. The van der Waals surface area contributed by atoms with Gasteiger partial charge in [0.1, 0.15) is 17.1 Å². The molecule has 0 aliphatic carbocycles. The van der Waals surface area contributed by atoms with Crippen LogP contribution >= 0.6 is 23.2 Å². The zero-order valence-electron chi connectivity index (χ0n) is 25.1. The van der Waals surface area contributed by atoms with Gasteiger partial charge in [-0.25, -0.2) is 4.98 Å². The first-order valence-electron chi connectivity index (χ1n) is 14.3. The third kappa shape index (κ3) is 6.94. The first kappa shape index (κ1) is 32.0. The summed E-state index contributed by atoms with van der Waals surface area (Å²) in [6.07, 6.45) is 5.65. The average molecular weight is 648 g/mol. The Morgan fingerprint density at radius 2 is 1.91 bits per heavy atom. The molecule has 1 atom stereocenters. The van der Waals surface area contributed by atoms with E-state index in [1.807, 2.05) is 25.1 Å². The second-order valence-electron chi connectivity index (χ2n) is 10.9. The van der Waals surface area contributed by atoms with Gasteiger partial charge in [-0.3, -0.25) is 14.2 Å². The predicted octanol–water partition coefficient (Wildman–Crippen LogP) is 3.33. The number of nitrogens with zero attached hydrogens (tertiary/aromatic N) is 5. The lowest BCUT2D eigenvalue weighted by molar-refractivity contribution is -0.125. The van der Waals surface area contributed by atoms with Gasteiger partial charge in [0.25, 0.3) is 5.56 Å². The van der Waals surface area contributed by atoms with E-state index in [4.69, 9.17) is 42.1 Å². The minimum absolute atomic E-state index is 0.0380. The summed E-state index contributed by atoms with van der Waals surface area (Å²) in [5.74, 6) is 0.975. The van der Waals surface area contributed by atoms with Crippen molar-refractivity contribution in [3.63, 3.8) is 0 Å². The molecule has 0 saturated carbocycles. The van der Waals surface area contributed by atoms with E-state index < -0.39 is 0 Å². The highest BCUT2D eigenvalue weighted by atomic mass is 35.5. The van der Waals surface area contributed by atoms with Gasteiger partial charge in [0.15, 0.2) is 0 Å². The Morgan fingerprint density at radius 3 is 2.55 bits per heavy atom. The van der Waals surface area contributed by atoms with E-state index in [-0.39, 0.29) is 57.9 Å². The number of hydrogen-bond acceptors (Lipinski definition) is 10. The van der Waals surface area contributed by atoms with Crippen LogP contribution in [0.15, 0.2) is 35.3 Å². The number of halogens is 2. The van der Waals surface area contributed by atoms with Crippen LogP contribution in [-0.4, -0.2) is 110 Å². The molecule has 1 aromatic carbocycles. The van der Waals surface area contributed by atoms with Crippen molar-refractivity contribution in [3.8, 4) is 22.6 Å². The number of amides is 1. The Kier molecular flexibility index (Phi) is 10.3. The van der Waals surface area contributed by atoms with E-state index in [0.29, 0.717) is 67.7 Å². The van der Waals surface area contributed by atoms with Crippen molar-refractivity contribution in [2.75, 3.05) is 73.1 Å². The zero-order valence-corrected chi connectivity index (χ0v) is 26.7. The van der Waals surface area contributed by atoms with Crippen molar-refractivity contribution in [1.29, 1.82) is 0 Å². The molecule has 1 unspecified atom stereocenters. The number of anilines is 1. The maximum Gasteiger partial charge on any atom is 0.260 e. The lowest BCUT2D eigenvalue weighted by Gasteiger charge is -2.26. The Hall–Kier alpha value is -3.42. The van der Waals surface area contributed by atoms with Crippen LogP contribution in [0.4, 0.5) is 5.95 Å². The number of aromatic nitrogens is 3. The van der Waals surface area contributed by atoms with Crippen molar-refractivity contribution < 1.29 is 23.7 Å². The van der Waals surface area contributed by atoms with Crippen LogP contribution in [0.2, 0.25) is 10.0 Å². The second kappa shape index (κ2) is 14.1. The maximum atomic E-state index is 14.1. The molecule has 12 nitrogen and oxygen atoms in total. The van der Waals surface area contributed by atoms with Gasteiger partial charge in [-0.05, 0) is 26.6 Å². The topological polar surface area (TPSA) is 120 Å². The molecule has 0 spiro atoms. The van der Waals surface area contributed by atoms with Crippen molar-refractivity contribution in [2.24, 2.45) is 0 Å². The van der Waals surface area contributed by atoms with Gasteiger partial charge >= 0.3 is 0 Å². The van der Waals surface area contributed by atoms with Crippen LogP contribution in [0.25, 0.3) is 22.2 Å². The van der Waals surface area contributed by atoms with Crippen LogP contribution in [0, 0.1) is 0 Å². The molecule has 14 heteroatoms. The molecule has 0 bridgehead atoms. The van der Waals surface area contributed by atoms with Gasteiger partial charge in [0.05, 0.1) is 68.3 Å². The van der Waals surface area contributed by atoms with E-state index in [1.165, 1.54) is 18.8 Å². The molecule has 2 fully saturated rings. The van der Waals surface area contributed by atoms with Crippen molar-refractivity contribution >= 4 is 46.1 Å². The SMILES string of the molecule is COc1cc(OC)c(Cl)c(-c2cc3cnc(NC4COC4)nc3n(CCOC3CCN(C(=O)/C=C/CN(C)C)C3)c2=O)c1Cl. The number of ether oxygens (including phenoxy) is 4. The van der Waals surface area contributed by atoms with Gasteiger partial charge in [0, 0.05) is 48.9 Å². The van der Waals surface area contributed by atoms with Gasteiger partial charge < -0.3 is 34.1 Å². The number of nitrogens with one attached hydrogen (secondary N) is 1. The monoisotopic (exact) mass is 646 g/mol. The van der Waals surface area contributed by atoms with Crippen LogP contribution in [0.5, 0.6) is 11.5 Å². The number of fused-ring (bicyclic) bond motifs is 1. The highest BCUT2D eigenvalue weighted by molar-refractivity contribution is 6.41. The highest BCUT2D eigenvalue weighted by Crippen LogP contribution is 2.45. The van der Waals surface area contributed by atoms with Crippen molar-refractivity contribution in [2.45, 2.75) is 25.1 Å². The molecule has 1 amide bonds. The van der Waals surface area contributed by atoms with Crippen LogP contribution in [0.1, 0.15) is 6.42 Å². The van der Waals surface area contributed by atoms with E-state index in [2.05, 4.69) is 15.3 Å². The first-order valence-corrected chi connectivity index (χ1v) is 15.0. The fourth-order valence-electron chi connectivity index (χ4n) is 5.08. The smallest absolute Gasteiger partial charge is 0.260 e. The van der Waals surface area contributed by atoms with Crippen molar-refractivity contribution in [3.05, 3.63) is 50.9 Å². The largest absolute Gasteiger partial charge is 0.495 e. The fraction of sp³-hybridized carbons (Fsp3) is 0.467. The number of methoxy groups -OCH3 is 2. The number of benzene rings is 1. The predicted molar refractivity (Wildman–Crippen MR) is 169 cm³/mol. The Balaban J connectivity index is 1.43. The maximum absolute atomic E-state index is 14.1. The molecule has 2 aromatic heterocycles. The third-order valence-corrected chi connectivity index (χ3v) is 8.25. The number of pyridine rings is 1. The number of carbonyl (C=O) groups is 1. The van der Waals surface area contributed by atoms with Gasteiger partial charge in [0.2, 0.25) is 11.9 Å². The summed E-state index contributed by atoms with van der Waals surface area (Å²) < 4.78 is 23.8. The summed E-state index contributed by atoms with van der Waals surface area (Å²) in [7, 11) is 6.84. The Labute approximate surface area is 265 Å². The number of carbonyl (C=O) groups excluding carboxylic acids is 1. The van der Waals surface area contributed by atoms with E-state index in [9.17, 15) is 9.59 Å². The summed E-state index contributed by atoms with van der Waals surface area (Å²) in [4.78, 5) is 39.6. The summed E-state index contributed by atoms with van der Waals surface area (Å²) in [6.45, 7) is 3.30. The molecule has 2 saturated heterocycles. The summed E-state index contributed by atoms with van der Waals surface area (Å²) in [5, 5.41) is 4.19. The number of hydrogen-bond donors (Lipinski definition) is 1. The molecule has 4 heterocycles.